The minimum Gasteiger partial charge on any atom is -0.329 e. The van der Waals surface area contributed by atoms with Gasteiger partial charge >= 0.3 is 10.2 Å². The van der Waals surface area contributed by atoms with Crippen molar-refractivity contribution in [3.05, 3.63) is 28.7 Å². The van der Waals surface area contributed by atoms with Crippen LogP contribution in [0.25, 0.3) is 0 Å². The molecule has 1 aromatic rings. The Kier molecular flexibility index (Phi) is 3.20. The standard InChI is InChI=1S/C9H12BrN3O2S/c10-8-3-1-2-4-9(8)13-6-7(5-11)12-16(13,14)15/h1-4,7,12H,5-6,11H2. The van der Waals surface area contributed by atoms with Gasteiger partial charge in [-0.25, -0.2) is 0 Å². The maximum Gasteiger partial charge on any atom is 0.302 e. The molecule has 7 heteroatoms. The van der Waals surface area contributed by atoms with Gasteiger partial charge in [0.05, 0.1) is 18.3 Å². The van der Waals surface area contributed by atoms with Crippen molar-refractivity contribution in [3.8, 4) is 0 Å². The lowest BCUT2D eigenvalue weighted by Crippen LogP contribution is -2.34. The van der Waals surface area contributed by atoms with Crippen LogP contribution >= 0.6 is 15.9 Å². The van der Waals surface area contributed by atoms with Crippen LogP contribution in [0.4, 0.5) is 5.69 Å². The molecule has 16 heavy (non-hydrogen) atoms. The first-order valence-electron chi connectivity index (χ1n) is 4.79. The van der Waals surface area contributed by atoms with Crippen LogP contribution in [-0.2, 0) is 10.2 Å². The normalized spacial score (nSPS) is 23.6. The van der Waals surface area contributed by atoms with Crippen LogP contribution in [0.2, 0.25) is 0 Å². The summed E-state index contributed by atoms with van der Waals surface area (Å²) < 4.78 is 28.2. The highest BCUT2D eigenvalue weighted by Gasteiger charge is 2.35. The molecule has 0 spiro atoms. The summed E-state index contributed by atoms with van der Waals surface area (Å²) in [6.45, 7) is 0.654. The molecule has 0 bridgehead atoms. The van der Waals surface area contributed by atoms with Crippen LogP contribution < -0.4 is 14.8 Å². The molecule has 1 fully saturated rings. The fourth-order valence-electron chi connectivity index (χ4n) is 1.61. The molecule has 0 saturated carbocycles. The van der Waals surface area contributed by atoms with Crippen molar-refractivity contribution in [2.75, 3.05) is 17.4 Å². The zero-order chi connectivity index (χ0) is 11.8. The van der Waals surface area contributed by atoms with Gasteiger partial charge in [0, 0.05) is 11.0 Å². The van der Waals surface area contributed by atoms with E-state index in [1.54, 1.807) is 18.2 Å². The number of anilines is 1. The summed E-state index contributed by atoms with van der Waals surface area (Å²) >= 11 is 3.33. The van der Waals surface area contributed by atoms with E-state index in [-0.39, 0.29) is 6.04 Å². The number of para-hydroxylation sites is 1. The van der Waals surface area contributed by atoms with Crippen LogP contribution in [0.15, 0.2) is 28.7 Å². The largest absolute Gasteiger partial charge is 0.329 e. The summed E-state index contributed by atoms with van der Waals surface area (Å²) in [7, 11) is -3.45. The maximum absolute atomic E-state index is 11.8. The molecule has 0 aromatic heterocycles. The molecule has 0 amide bonds. The van der Waals surface area contributed by atoms with Crippen LogP contribution in [0, 0.1) is 0 Å². The van der Waals surface area contributed by atoms with E-state index in [1.165, 1.54) is 4.31 Å². The Morgan fingerprint density at radius 1 is 1.50 bits per heavy atom. The lowest BCUT2D eigenvalue weighted by Gasteiger charge is -2.17. The monoisotopic (exact) mass is 305 g/mol. The van der Waals surface area contributed by atoms with Crippen molar-refractivity contribution in [2.45, 2.75) is 6.04 Å². The van der Waals surface area contributed by atoms with Gasteiger partial charge in [0.25, 0.3) is 0 Å². The van der Waals surface area contributed by atoms with Crippen molar-refractivity contribution in [1.82, 2.24) is 4.72 Å². The minimum absolute atomic E-state index is 0.225. The molecular weight excluding hydrogens is 294 g/mol. The van der Waals surface area contributed by atoms with E-state index in [9.17, 15) is 8.42 Å². The second-order valence-electron chi connectivity index (χ2n) is 3.54. The predicted octanol–water partition coefficient (Wildman–Crippen LogP) is 0.431. The fourth-order valence-corrected chi connectivity index (χ4v) is 3.74. The molecule has 2 rings (SSSR count). The summed E-state index contributed by atoms with van der Waals surface area (Å²) in [6, 6.07) is 6.97. The first-order valence-corrected chi connectivity index (χ1v) is 7.02. The van der Waals surface area contributed by atoms with Gasteiger partial charge in [-0.15, -0.1) is 0 Å². The molecule has 1 heterocycles. The number of hydrogen-bond donors (Lipinski definition) is 2. The molecule has 1 aromatic carbocycles. The van der Waals surface area contributed by atoms with Gasteiger partial charge < -0.3 is 5.73 Å². The molecule has 5 nitrogen and oxygen atoms in total. The third-order valence-corrected chi connectivity index (χ3v) is 4.63. The summed E-state index contributed by atoms with van der Waals surface area (Å²) in [5.74, 6) is 0. The van der Waals surface area contributed by atoms with E-state index in [1.807, 2.05) is 6.07 Å². The predicted molar refractivity (Wildman–Crippen MR) is 66.4 cm³/mol. The number of rotatable bonds is 2. The van der Waals surface area contributed by atoms with Crippen LogP contribution in [-0.4, -0.2) is 27.5 Å². The molecule has 0 radical (unpaired) electrons. The molecule has 1 aliphatic rings. The number of nitrogens with one attached hydrogen (secondary N) is 1. The first-order chi connectivity index (χ1) is 7.54. The molecule has 1 unspecified atom stereocenters. The Labute approximate surface area is 103 Å². The van der Waals surface area contributed by atoms with Crippen molar-refractivity contribution < 1.29 is 8.42 Å². The SMILES string of the molecule is NCC1CN(c2ccccc2Br)S(=O)(=O)N1. The zero-order valence-corrected chi connectivity index (χ0v) is 10.8. The van der Waals surface area contributed by atoms with E-state index in [0.717, 1.165) is 4.47 Å². The zero-order valence-electron chi connectivity index (χ0n) is 8.43. The summed E-state index contributed by atoms with van der Waals surface area (Å²) in [5, 5.41) is 0. The van der Waals surface area contributed by atoms with Gasteiger partial charge in [0.2, 0.25) is 0 Å². The second kappa shape index (κ2) is 4.33. The highest BCUT2D eigenvalue weighted by atomic mass is 79.9. The average molecular weight is 306 g/mol. The average Bonchev–Trinajstić information content (AvgIpc) is 2.54. The number of benzene rings is 1. The van der Waals surface area contributed by atoms with Gasteiger partial charge in [0.1, 0.15) is 0 Å². The van der Waals surface area contributed by atoms with Crippen LogP contribution in [0.3, 0.4) is 0 Å². The third-order valence-electron chi connectivity index (χ3n) is 2.40. The van der Waals surface area contributed by atoms with E-state index < -0.39 is 10.2 Å². The quantitative estimate of drug-likeness (QED) is 0.832. The van der Waals surface area contributed by atoms with Crippen molar-refractivity contribution in [1.29, 1.82) is 0 Å². The Morgan fingerprint density at radius 2 is 2.19 bits per heavy atom. The lowest BCUT2D eigenvalue weighted by atomic mass is 10.3. The molecule has 1 aliphatic heterocycles. The maximum atomic E-state index is 11.8. The van der Waals surface area contributed by atoms with Crippen molar-refractivity contribution in [2.24, 2.45) is 5.73 Å². The topological polar surface area (TPSA) is 75.4 Å². The van der Waals surface area contributed by atoms with Crippen molar-refractivity contribution >= 4 is 31.8 Å². The third kappa shape index (κ3) is 2.08. The van der Waals surface area contributed by atoms with E-state index in [4.69, 9.17) is 5.73 Å². The molecule has 3 N–H and O–H groups in total. The van der Waals surface area contributed by atoms with Crippen LogP contribution in [0.5, 0.6) is 0 Å². The number of halogens is 1. The van der Waals surface area contributed by atoms with E-state index in [0.29, 0.717) is 18.8 Å². The fraction of sp³-hybridized carbons (Fsp3) is 0.333. The summed E-state index contributed by atoms with van der Waals surface area (Å²) in [6.07, 6.45) is 0. The highest BCUT2D eigenvalue weighted by molar-refractivity contribution is 9.10. The van der Waals surface area contributed by atoms with Gasteiger partial charge in [-0.2, -0.15) is 13.1 Å². The number of nitrogens with two attached hydrogens (primary N) is 1. The summed E-state index contributed by atoms with van der Waals surface area (Å²) in [4.78, 5) is 0. The van der Waals surface area contributed by atoms with E-state index >= 15 is 0 Å². The molecule has 0 aliphatic carbocycles. The van der Waals surface area contributed by atoms with Gasteiger partial charge in [0.15, 0.2) is 0 Å². The molecule has 1 saturated heterocycles. The molecule has 1 atom stereocenters. The number of nitrogens with zero attached hydrogens (tertiary/aromatic N) is 1. The smallest absolute Gasteiger partial charge is 0.302 e. The molecular formula is C9H12BrN3O2S. The Hall–Kier alpha value is -0.630. The summed E-state index contributed by atoms with van der Waals surface area (Å²) in [5.41, 5.74) is 6.10. The first kappa shape index (κ1) is 11.8. The van der Waals surface area contributed by atoms with E-state index in [2.05, 4.69) is 20.7 Å². The Balaban J connectivity index is 2.39. The molecule has 88 valence electrons. The van der Waals surface area contributed by atoms with Gasteiger partial charge in [-0.1, -0.05) is 12.1 Å². The number of hydrogen-bond acceptors (Lipinski definition) is 3. The lowest BCUT2D eigenvalue weighted by molar-refractivity contribution is 0.583. The second-order valence-corrected chi connectivity index (χ2v) is 6.02. The highest BCUT2D eigenvalue weighted by Crippen LogP contribution is 2.29. The van der Waals surface area contributed by atoms with Crippen LogP contribution in [0.1, 0.15) is 0 Å². The Morgan fingerprint density at radius 3 is 2.75 bits per heavy atom. The van der Waals surface area contributed by atoms with Gasteiger partial charge in [-0.3, -0.25) is 4.31 Å². The minimum atomic E-state index is -3.45. The van der Waals surface area contributed by atoms with Crippen molar-refractivity contribution in [3.63, 3.8) is 0 Å². The van der Waals surface area contributed by atoms with Gasteiger partial charge in [-0.05, 0) is 28.1 Å². The Bertz CT molecular complexity index is 491.